The summed E-state index contributed by atoms with van der Waals surface area (Å²) >= 11 is 0. The first kappa shape index (κ1) is 16.1. The average Bonchev–Trinajstić information content (AvgIpc) is 3.26. The summed E-state index contributed by atoms with van der Waals surface area (Å²) in [6.45, 7) is 9.48. The first-order chi connectivity index (χ1) is 12.0. The van der Waals surface area contributed by atoms with E-state index < -0.39 is 0 Å². The molecule has 0 spiro atoms. The van der Waals surface area contributed by atoms with Crippen molar-refractivity contribution in [3.05, 3.63) is 35.8 Å². The minimum absolute atomic E-state index is 0.282. The number of pyridine rings is 1. The van der Waals surface area contributed by atoms with Crippen LogP contribution in [0.25, 0.3) is 5.69 Å². The second-order valence-electron chi connectivity index (χ2n) is 7.35. The van der Waals surface area contributed by atoms with Crippen molar-refractivity contribution in [1.29, 1.82) is 0 Å². The zero-order valence-electron chi connectivity index (χ0n) is 15.1. The van der Waals surface area contributed by atoms with Crippen LogP contribution in [0.3, 0.4) is 0 Å². The van der Waals surface area contributed by atoms with Gasteiger partial charge in [0.2, 0.25) is 5.91 Å². The van der Waals surface area contributed by atoms with E-state index in [1.54, 1.807) is 0 Å². The molecule has 1 saturated heterocycles. The number of aryl methyl sites for hydroxylation is 2. The molecule has 6 heteroatoms. The molecule has 0 aromatic carbocycles. The van der Waals surface area contributed by atoms with Crippen molar-refractivity contribution in [2.24, 2.45) is 11.8 Å². The van der Waals surface area contributed by atoms with Crippen LogP contribution in [0, 0.1) is 25.7 Å². The Morgan fingerprint density at radius 3 is 2.40 bits per heavy atom. The summed E-state index contributed by atoms with van der Waals surface area (Å²) in [7, 11) is 0. The highest BCUT2D eigenvalue weighted by Gasteiger charge is 2.41. The minimum Gasteiger partial charge on any atom is -0.353 e. The van der Waals surface area contributed by atoms with Crippen LogP contribution in [0.2, 0.25) is 0 Å². The molecule has 0 N–H and O–H groups in total. The number of carbonyl (C=O) groups excluding carboxylic acids is 1. The molecular weight excluding hydrogens is 314 g/mol. The molecule has 6 nitrogen and oxygen atoms in total. The predicted octanol–water partition coefficient (Wildman–Crippen LogP) is 2.19. The molecule has 2 aliphatic rings. The van der Waals surface area contributed by atoms with Crippen LogP contribution in [0.4, 0.5) is 5.82 Å². The average molecular weight is 339 g/mol. The second kappa shape index (κ2) is 6.17. The first-order valence-electron chi connectivity index (χ1n) is 9.06. The summed E-state index contributed by atoms with van der Waals surface area (Å²) < 4.78 is 1.92. The van der Waals surface area contributed by atoms with Gasteiger partial charge in [0.05, 0.1) is 17.6 Å². The number of anilines is 1. The summed E-state index contributed by atoms with van der Waals surface area (Å²) in [5, 5.41) is 4.50. The van der Waals surface area contributed by atoms with E-state index in [1.165, 1.54) is 0 Å². The summed E-state index contributed by atoms with van der Waals surface area (Å²) in [6, 6.07) is 6.17. The van der Waals surface area contributed by atoms with Gasteiger partial charge >= 0.3 is 0 Å². The maximum Gasteiger partial charge on any atom is 0.226 e. The van der Waals surface area contributed by atoms with E-state index in [2.05, 4.69) is 34.0 Å². The second-order valence-corrected chi connectivity index (χ2v) is 7.35. The molecule has 25 heavy (non-hydrogen) atoms. The van der Waals surface area contributed by atoms with Crippen LogP contribution in [0.1, 0.15) is 24.7 Å². The fraction of sp³-hybridized carbons (Fsp3) is 0.526. The molecule has 3 heterocycles. The van der Waals surface area contributed by atoms with Gasteiger partial charge in [-0.25, -0.2) is 9.67 Å². The molecule has 132 valence electrons. The lowest BCUT2D eigenvalue weighted by Gasteiger charge is -2.35. The van der Waals surface area contributed by atoms with E-state index in [0.717, 1.165) is 55.5 Å². The highest BCUT2D eigenvalue weighted by Crippen LogP contribution is 2.39. The van der Waals surface area contributed by atoms with Gasteiger partial charge in [-0.05, 0) is 44.4 Å². The lowest BCUT2D eigenvalue weighted by molar-refractivity contribution is -0.133. The topological polar surface area (TPSA) is 54.3 Å². The molecule has 1 saturated carbocycles. The van der Waals surface area contributed by atoms with Gasteiger partial charge in [-0.15, -0.1) is 0 Å². The molecule has 2 fully saturated rings. The summed E-state index contributed by atoms with van der Waals surface area (Å²) in [4.78, 5) is 21.2. The van der Waals surface area contributed by atoms with E-state index in [-0.39, 0.29) is 5.92 Å². The van der Waals surface area contributed by atoms with Crippen molar-refractivity contribution in [1.82, 2.24) is 19.7 Å². The molecular formula is C19H25N5O. The third-order valence-electron chi connectivity index (χ3n) is 5.33. The number of nitrogens with zero attached hydrogens (tertiary/aromatic N) is 5. The molecule has 4 rings (SSSR count). The molecule has 2 aromatic rings. The largest absolute Gasteiger partial charge is 0.353 e. The number of hydrogen-bond donors (Lipinski definition) is 0. The monoisotopic (exact) mass is 339 g/mol. The molecule has 1 amide bonds. The van der Waals surface area contributed by atoms with E-state index in [4.69, 9.17) is 0 Å². The minimum atomic E-state index is 0.282. The number of carbonyl (C=O) groups is 1. The number of hydrogen-bond acceptors (Lipinski definition) is 4. The van der Waals surface area contributed by atoms with Crippen LogP contribution in [0.5, 0.6) is 0 Å². The fourth-order valence-corrected chi connectivity index (χ4v) is 3.64. The molecule has 0 bridgehead atoms. The normalized spacial score (nSPS) is 23.0. The van der Waals surface area contributed by atoms with E-state index in [9.17, 15) is 4.79 Å². The Kier molecular flexibility index (Phi) is 3.98. The molecule has 1 aliphatic carbocycles. The standard InChI is InChI=1S/C19H25N5O/c1-13-10-17(13)19(25)23-8-6-22(7-9-23)18-5-4-16(12-20-18)24-15(3)11-14(2)21-24/h4-5,11-13,17H,6-10H2,1-3H3. The van der Waals surface area contributed by atoms with Gasteiger partial charge in [-0.1, -0.05) is 6.92 Å². The zero-order chi connectivity index (χ0) is 17.6. The molecule has 2 aromatic heterocycles. The maximum atomic E-state index is 12.3. The number of amides is 1. The van der Waals surface area contributed by atoms with Crippen LogP contribution in [-0.2, 0) is 4.79 Å². The number of aromatic nitrogens is 3. The predicted molar refractivity (Wildman–Crippen MR) is 96.9 cm³/mol. The van der Waals surface area contributed by atoms with Crippen LogP contribution in [-0.4, -0.2) is 51.8 Å². The van der Waals surface area contributed by atoms with Gasteiger partial charge < -0.3 is 9.80 Å². The van der Waals surface area contributed by atoms with Gasteiger partial charge in [0.25, 0.3) is 0 Å². The Labute approximate surface area is 148 Å². The quantitative estimate of drug-likeness (QED) is 0.860. The fourth-order valence-electron chi connectivity index (χ4n) is 3.64. The summed E-state index contributed by atoms with van der Waals surface area (Å²) in [5.41, 5.74) is 3.09. The maximum absolute atomic E-state index is 12.3. The van der Waals surface area contributed by atoms with Crippen molar-refractivity contribution in [3.8, 4) is 5.69 Å². The van der Waals surface area contributed by atoms with Crippen LogP contribution >= 0.6 is 0 Å². The van der Waals surface area contributed by atoms with Gasteiger partial charge in [0.1, 0.15) is 5.82 Å². The molecule has 2 atom stereocenters. The third-order valence-corrected chi connectivity index (χ3v) is 5.33. The van der Waals surface area contributed by atoms with Gasteiger partial charge in [0, 0.05) is 37.8 Å². The van der Waals surface area contributed by atoms with E-state index in [1.807, 2.05) is 35.7 Å². The van der Waals surface area contributed by atoms with E-state index in [0.29, 0.717) is 11.8 Å². The van der Waals surface area contributed by atoms with Crippen molar-refractivity contribution in [2.75, 3.05) is 31.1 Å². The van der Waals surface area contributed by atoms with Crippen molar-refractivity contribution >= 4 is 11.7 Å². The van der Waals surface area contributed by atoms with Gasteiger partial charge in [-0.2, -0.15) is 5.10 Å². The highest BCUT2D eigenvalue weighted by atomic mass is 16.2. The summed E-state index contributed by atoms with van der Waals surface area (Å²) in [6.07, 6.45) is 2.94. The van der Waals surface area contributed by atoms with Gasteiger partial charge in [0.15, 0.2) is 0 Å². The Morgan fingerprint density at radius 1 is 1.16 bits per heavy atom. The third kappa shape index (κ3) is 3.13. The van der Waals surface area contributed by atoms with Crippen LogP contribution in [0.15, 0.2) is 24.4 Å². The Balaban J connectivity index is 1.40. The number of piperazine rings is 1. The van der Waals surface area contributed by atoms with Crippen molar-refractivity contribution in [3.63, 3.8) is 0 Å². The SMILES string of the molecule is Cc1cc(C)n(-c2ccc(N3CCN(C(=O)C4CC4C)CC3)nc2)n1. The Morgan fingerprint density at radius 2 is 1.88 bits per heavy atom. The lowest BCUT2D eigenvalue weighted by atomic mass is 10.2. The van der Waals surface area contributed by atoms with E-state index >= 15 is 0 Å². The summed E-state index contributed by atoms with van der Waals surface area (Å²) in [5.74, 6) is 2.18. The molecule has 0 radical (unpaired) electrons. The number of rotatable bonds is 3. The van der Waals surface area contributed by atoms with Crippen LogP contribution < -0.4 is 4.90 Å². The Bertz CT molecular complexity index is 774. The molecule has 2 unspecified atom stereocenters. The smallest absolute Gasteiger partial charge is 0.226 e. The highest BCUT2D eigenvalue weighted by molar-refractivity contribution is 5.81. The molecule has 1 aliphatic heterocycles. The Hall–Kier alpha value is -2.37. The first-order valence-corrected chi connectivity index (χ1v) is 9.06. The zero-order valence-corrected chi connectivity index (χ0v) is 15.1. The van der Waals surface area contributed by atoms with Crippen molar-refractivity contribution in [2.45, 2.75) is 27.2 Å². The van der Waals surface area contributed by atoms with Crippen molar-refractivity contribution < 1.29 is 4.79 Å². The van der Waals surface area contributed by atoms with Gasteiger partial charge in [-0.3, -0.25) is 4.79 Å². The lowest BCUT2D eigenvalue weighted by Crippen LogP contribution is -2.49.